The van der Waals surface area contributed by atoms with Crippen molar-refractivity contribution in [2.24, 2.45) is 0 Å². The number of halogens is 1. The van der Waals surface area contributed by atoms with Gasteiger partial charge in [0.1, 0.15) is 0 Å². The van der Waals surface area contributed by atoms with Gasteiger partial charge < -0.3 is 9.80 Å². The Bertz CT molecular complexity index is 881. The monoisotopic (exact) mass is 448 g/mol. The number of anilines is 2. The first kappa shape index (κ1) is 24.0. The third kappa shape index (κ3) is 7.53. The summed E-state index contributed by atoms with van der Waals surface area (Å²) in [4.78, 5) is 6.87. The second kappa shape index (κ2) is 10.2. The lowest BCUT2D eigenvalue weighted by Crippen LogP contribution is -2.68. The first-order valence-electron chi connectivity index (χ1n) is 9.06. The van der Waals surface area contributed by atoms with Crippen LogP contribution >= 0.6 is 11.3 Å². The van der Waals surface area contributed by atoms with E-state index in [4.69, 9.17) is 18.6 Å². The molecule has 0 aliphatic carbocycles. The van der Waals surface area contributed by atoms with E-state index in [2.05, 4.69) is 106 Å². The molecule has 0 aliphatic heterocycles. The standard InChI is InChI=1S/C22H25N2S.ClHO4/c1-16-14-19(17-6-10-20(11-7-17)23(2)3)15-22(25-16)18-8-12-21(13-9-18)24(4)5;2-1(3,4)5/h6-15H,1-5H3;(H,2,3,4,5)/q+1;/p-1. The number of hydrogen-bond donors (Lipinski definition) is 0. The second-order valence-corrected chi connectivity index (χ2v) is 9.13. The summed E-state index contributed by atoms with van der Waals surface area (Å²) in [5, 5.41) is 0. The molecule has 0 N–H and O–H groups in total. The number of nitrogens with zero attached hydrogens (tertiary/aromatic N) is 2. The first-order chi connectivity index (χ1) is 13.9. The molecule has 0 atom stereocenters. The van der Waals surface area contributed by atoms with Crippen LogP contribution in [-0.4, -0.2) is 28.2 Å². The number of rotatable bonds is 4. The molecule has 3 aromatic rings. The summed E-state index contributed by atoms with van der Waals surface area (Å²) in [7, 11) is 3.33. The van der Waals surface area contributed by atoms with E-state index in [9.17, 15) is 0 Å². The van der Waals surface area contributed by atoms with E-state index in [1.54, 1.807) is 0 Å². The molecule has 0 radical (unpaired) electrons. The van der Waals surface area contributed by atoms with Gasteiger partial charge in [-0.1, -0.05) is 12.1 Å². The molecule has 2 aromatic carbocycles. The highest BCUT2D eigenvalue weighted by Gasteiger charge is 2.15. The van der Waals surface area contributed by atoms with E-state index >= 15 is 0 Å². The van der Waals surface area contributed by atoms with E-state index in [1.165, 1.54) is 37.8 Å². The molecule has 0 saturated heterocycles. The van der Waals surface area contributed by atoms with Crippen molar-refractivity contribution < 1.29 is 28.9 Å². The minimum Gasteiger partial charge on any atom is -0.378 e. The number of benzene rings is 2. The second-order valence-electron chi connectivity index (χ2n) is 7.08. The molecule has 0 unspecified atom stereocenters. The van der Waals surface area contributed by atoms with E-state index in [-0.39, 0.29) is 0 Å². The zero-order valence-electron chi connectivity index (χ0n) is 17.6. The molecule has 30 heavy (non-hydrogen) atoms. The maximum atomic E-state index is 8.49. The van der Waals surface area contributed by atoms with Crippen LogP contribution in [-0.2, 0) is 0 Å². The summed E-state index contributed by atoms with van der Waals surface area (Å²) in [5.41, 5.74) is 6.24. The van der Waals surface area contributed by atoms with Crippen molar-refractivity contribution in [1.82, 2.24) is 0 Å². The smallest absolute Gasteiger partial charge is 0.238 e. The van der Waals surface area contributed by atoms with Crippen molar-refractivity contribution in [1.29, 1.82) is 0 Å². The van der Waals surface area contributed by atoms with Crippen LogP contribution in [0, 0.1) is 17.2 Å². The Morgan fingerprint density at radius 3 is 1.43 bits per heavy atom. The molecular formula is C22H25ClN2O4S. The van der Waals surface area contributed by atoms with E-state index in [0.29, 0.717) is 0 Å². The number of aryl methyl sites for hydroxylation is 1. The van der Waals surface area contributed by atoms with Crippen molar-refractivity contribution in [2.75, 3.05) is 38.0 Å². The van der Waals surface area contributed by atoms with Gasteiger partial charge in [-0.2, -0.15) is 0 Å². The normalized spacial score (nSPS) is 10.8. The predicted molar refractivity (Wildman–Crippen MR) is 113 cm³/mol. The van der Waals surface area contributed by atoms with Crippen LogP contribution < -0.4 is 28.4 Å². The van der Waals surface area contributed by atoms with Gasteiger partial charge in [0.15, 0.2) is 0 Å². The largest absolute Gasteiger partial charge is 0.378 e. The Kier molecular flexibility index (Phi) is 8.14. The Morgan fingerprint density at radius 2 is 1.03 bits per heavy atom. The predicted octanol–water partition coefficient (Wildman–Crippen LogP) is 1.05. The average Bonchev–Trinajstić information content (AvgIpc) is 2.66. The van der Waals surface area contributed by atoms with Gasteiger partial charge in [0.25, 0.3) is 0 Å². The van der Waals surface area contributed by atoms with Gasteiger partial charge >= 0.3 is 0 Å². The Morgan fingerprint density at radius 1 is 0.633 bits per heavy atom. The van der Waals surface area contributed by atoms with Gasteiger partial charge in [0, 0.05) is 64.2 Å². The lowest BCUT2D eigenvalue weighted by Gasteiger charge is -2.17. The fourth-order valence-corrected chi connectivity index (χ4v) is 3.79. The van der Waals surface area contributed by atoms with Crippen LogP contribution in [0.25, 0.3) is 21.6 Å². The van der Waals surface area contributed by atoms with Crippen molar-refractivity contribution in [2.45, 2.75) is 6.92 Å². The van der Waals surface area contributed by atoms with Gasteiger partial charge in [0.2, 0.25) is 21.1 Å². The molecule has 160 valence electrons. The fourth-order valence-electron chi connectivity index (χ4n) is 2.82. The number of hydrogen-bond acceptors (Lipinski definition) is 6. The minimum atomic E-state index is -4.94. The summed E-state index contributed by atoms with van der Waals surface area (Å²) < 4.78 is 34.0. The van der Waals surface area contributed by atoms with Gasteiger partial charge in [-0.25, -0.2) is 18.6 Å². The SMILES string of the molecule is Cc1cc(-c2ccc(N(C)C)cc2)cc(-c2ccc(N(C)C)cc2)[s+]1.[O-][Cl+3]([O-])([O-])[O-]. The van der Waals surface area contributed by atoms with Crippen molar-refractivity contribution in [3.05, 3.63) is 65.5 Å². The maximum Gasteiger partial charge on any atom is 0.238 e. The zero-order valence-corrected chi connectivity index (χ0v) is 19.2. The Labute approximate surface area is 183 Å². The maximum absolute atomic E-state index is 8.49. The summed E-state index contributed by atoms with van der Waals surface area (Å²) in [6.07, 6.45) is 0. The van der Waals surface area contributed by atoms with Crippen LogP contribution in [0.4, 0.5) is 11.4 Å². The van der Waals surface area contributed by atoms with Crippen LogP contribution in [0.2, 0.25) is 0 Å². The van der Waals surface area contributed by atoms with Crippen LogP contribution in [0.3, 0.4) is 0 Å². The van der Waals surface area contributed by atoms with E-state index < -0.39 is 10.2 Å². The summed E-state index contributed by atoms with van der Waals surface area (Å²) >= 11 is 1.84. The lowest BCUT2D eigenvalue weighted by atomic mass is 10.0. The quantitative estimate of drug-likeness (QED) is 0.553. The molecule has 8 heteroatoms. The molecule has 3 rings (SSSR count). The summed E-state index contributed by atoms with van der Waals surface area (Å²) in [6.45, 7) is 2.18. The molecule has 1 aromatic heterocycles. The topological polar surface area (TPSA) is 98.7 Å². The average molecular weight is 449 g/mol. The van der Waals surface area contributed by atoms with Gasteiger partial charge in [0.05, 0.1) is 0 Å². The summed E-state index contributed by atoms with van der Waals surface area (Å²) in [5.74, 6) is 0. The van der Waals surface area contributed by atoms with Crippen molar-refractivity contribution in [3.8, 4) is 21.6 Å². The van der Waals surface area contributed by atoms with Crippen molar-refractivity contribution in [3.63, 3.8) is 0 Å². The molecule has 6 nitrogen and oxygen atoms in total. The zero-order chi connectivity index (χ0) is 22.5. The van der Waals surface area contributed by atoms with Gasteiger partial charge in [-0.15, -0.1) is 10.2 Å². The molecule has 0 aliphatic rings. The first-order valence-corrected chi connectivity index (χ1v) is 11.1. The van der Waals surface area contributed by atoms with Crippen LogP contribution in [0.1, 0.15) is 4.88 Å². The van der Waals surface area contributed by atoms with E-state index in [0.717, 1.165) is 0 Å². The van der Waals surface area contributed by atoms with Crippen LogP contribution in [0.15, 0.2) is 60.7 Å². The molecule has 1 heterocycles. The molecule has 0 fully saturated rings. The van der Waals surface area contributed by atoms with Gasteiger partial charge in [-0.3, -0.25) is 0 Å². The van der Waals surface area contributed by atoms with Crippen LogP contribution in [0.5, 0.6) is 0 Å². The molecular weight excluding hydrogens is 424 g/mol. The fraction of sp³-hybridized carbons (Fsp3) is 0.227. The highest BCUT2D eigenvalue weighted by molar-refractivity contribution is 7.15. The Balaban J connectivity index is 0.000000575. The molecule has 0 spiro atoms. The van der Waals surface area contributed by atoms with Crippen molar-refractivity contribution >= 4 is 22.7 Å². The lowest BCUT2D eigenvalue weighted by molar-refractivity contribution is -2.00. The molecule has 0 saturated carbocycles. The van der Waals surface area contributed by atoms with E-state index in [1.807, 2.05) is 11.3 Å². The third-order valence-corrected chi connectivity index (χ3v) is 5.31. The minimum absolute atomic E-state index is 1.22. The molecule has 0 bridgehead atoms. The summed E-state index contributed by atoms with van der Waals surface area (Å²) in [6, 6.07) is 22.1. The Hall–Kier alpha value is -2.26. The highest BCUT2D eigenvalue weighted by Crippen LogP contribution is 2.33. The molecule has 0 amide bonds. The third-order valence-electron chi connectivity index (χ3n) is 4.30. The highest BCUT2D eigenvalue weighted by atomic mass is 35.7. The van der Waals surface area contributed by atoms with Gasteiger partial charge in [-0.05, 0) is 47.5 Å².